The van der Waals surface area contributed by atoms with Crippen LogP contribution in [-0.4, -0.2) is 15.5 Å². The van der Waals surface area contributed by atoms with Crippen LogP contribution in [-0.2, 0) is 12.8 Å². The Labute approximate surface area is 102 Å². The van der Waals surface area contributed by atoms with E-state index in [2.05, 4.69) is 4.98 Å². The lowest BCUT2D eigenvalue weighted by atomic mass is 9.88. The number of aryl methyl sites for hydroxylation is 1. The highest BCUT2D eigenvalue weighted by Crippen LogP contribution is 2.27. The lowest BCUT2D eigenvalue weighted by molar-refractivity contribution is 0.0797. The topological polar surface area (TPSA) is 34.9 Å². The number of aromatic nitrogens is 2. The highest BCUT2D eigenvalue weighted by molar-refractivity contribution is 5.82. The van der Waals surface area contributed by atoms with E-state index in [1.165, 1.54) is 43.5 Å². The average molecular weight is 232 g/mol. The first-order chi connectivity index (χ1) is 8.36. The third kappa shape index (κ3) is 2.03. The fourth-order valence-electron chi connectivity index (χ4n) is 3.21. The minimum absolute atomic E-state index is 0.254. The smallest absolute Gasteiger partial charge is 0.235 e. The molecular weight excluding hydrogens is 212 g/mol. The highest BCUT2D eigenvalue weighted by Gasteiger charge is 2.26. The molecule has 0 bridgehead atoms. The molecule has 1 heterocycles. The average Bonchev–Trinajstić information content (AvgIpc) is 2.83. The maximum atomic E-state index is 12.5. The van der Waals surface area contributed by atoms with Crippen molar-refractivity contribution in [2.24, 2.45) is 5.92 Å². The normalized spacial score (nSPS) is 21.2. The van der Waals surface area contributed by atoms with Crippen molar-refractivity contribution in [3.05, 3.63) is 17.7 Å². The van der Waals surface area contributed by atoms with Gasteiger partial charge in [-0.25, -0.2) is 4.98 Å². The maximum absolute atomic E-state index is 12.5. The lowest BCUT2D eigenvalue weighted by Gasteiger charge is -2.22. The summed E-state index contributed by atoms with van der Waals surface area (Å²) in [6, 6.07) is 0. The van der Waals surface area contributed by atoms with E-state index in [1.54, 1.807) is 6.33 Å². The number of carbonyl (C=O) groups is 1. The molecule has 1 saturated carbocycles. The van der Waals surface area contributed by atoms with Crippen LogP contribution >= 0.6 is 0 Å². The zero-order chi connectivity index (χ0) is 11.7. The van der Waals surface area contributed by atoms with Crippen LogP contribution in [0, 0.1) is 5.92 Å². The second kappa shape index (κ2) is 4.63. The van der Waals surface area contributed by atoms with Gasteiger partial charge in [-0.2, -0.15) is 0 Å². The molecule has 1 aromatic rings. The monoisotopic (exact) mass is 232 g/mol. The molecule has 2 aliphatic rings. The molecule has 92 valence electrons. The van der Waals surface area contributed by atoms with Gasteiger partial charge in [-0.15, -0.1) is 0 Å². The molecule has 3 heteroatoms. The number of rotatable bonds is 1. The zero-order valence-corrected chi connectivity index (χ0v) is 10.3. The minimum Gasteiger partial charge on any atom is -0.274 e. The number of carbonyl (C=O) groups excluding carboxylic acids is 1. The standard InChI is InChI=1S/C14H20N2O/c17-14(11-6-2-1-3-7-11)16-10-15-12-8-4-5-9-13(12)16/h10-11H,1-9H2. The van der Waals surface area contributed by atoms with E-state index in [1.807, 2.05) is 4.57 Å². The van der Waals surface area contributed by atoms with Crippen molar-refractivity contribution < 1.29 is 4.79 Å². The Kier molecular flexibility index (Phi) is 3.00. The van der Waals surface area contributed by atoms with Crippen LogP contribution in [0.4, 0.5) is 0 Å². The van der Waals surface area contributed by atoms with Crippen LogP contribution < -0.4 is 0 Å². The van der Waals surface area contributed by atoms with Crippen molar-refractivity contribution in [1.29, 1.82) is 0 Å². The molecule has 17 heavy (non-hydrogen) atoms. The molecule has 3 rings (SSSR count). The molecule has 0 atom stereocenters. The van der Waals surface area contributed by atoms with E-state index in [-0.39, 0.29) is 5.92 Å². The molecule has 0 radical (unpaired) electrons. The fraction of sp³-hybridized carbons (Fsp3) is 0.714. The molecule has 1 fully saturated rings. The van der Waals surface area contributed by atoms with Gasteiger partial charge in [-0.05, 0) is 38.5 Å². The Morgan fingerprint density at radius 2 is 1.88 bits per heavy atom. The first kappa shape index (κ1) is 11.0. The third-order valence-electron chi connectivity index (χ3n) is 4.22. The Bertz CT molecular complexity index is 416. The summed E-state index contributed by atoms with van der Waals surface area (Å²) in [5.41, 5.74) is 2.37. The Morgan fingerprint density at radius 1 is 1.12 bits per heavy atom. The summed E-state index contributed by atoms with van der Waals surface area (Å²) in [5.74, 6) is 0.560. The summed E-state index contributed by atoms with van der Waals surface area (Å²) in [5, 5.41) is 0. The summed E-state index contributed by atoms with van der Waals surface area (Å²) in [6.07, 6.45) is 12.2. The van der Waals surface area contributed by atoms with Crippen molar-refractivity contribution in [3.8, 4) is 0 Å². The molecule has 3 nitrogen and oxygen atoms in total. The van der Waals surface area contributed by atoms with E-state index in [4.69, 9.17) is 0 Å². The van der Waals surface area contributed by atoms with Crippen molar-refractivity contribution in [2.45, 2.75) is 57.8 Å². The van der Waals surface area contributed by atoms with Gasteiger partial charge in [0.05, 0.1) is 5.69 Å². The van der Waals surface area contributed by atoms with Crippen LogP contribution in [0.3, 0.4) is 0 Å². The number of nitrogens with zero attached hydrogens (tertiary/aromatic N) is 2. The van der Waals surface area contributed by atoms with Gasteiger partial charge in [-0.3, -0.25) is 9.36 Å². The van der Waals surface area contributed by atoms with Gasteiger partial charge in [0.15, 0.2) is 0 Å². The second-order valence-electron chi connectivity index (χ2n) is 5.39. The molecule has 1 aromatic heterocycles. The molecule has 0 aromatic carbocycles. The van der Waals surface area contributed by atoms with Gasteiger partial charge >= 0.3 is 0 Å². The van der Waals surface area contributed by atoms with E-state index in [9.17, 15) is 4.79 Å². The Hall–Kier alpha value is -1.12. The van der Waals surface area contributed by atoms with Crippen molar-refractivity contribution in [3.63, 3.8) is 0 Å². The van der Waals surface area contributed by atoms with Crippen molar-refractivity contribution in [1.82, 2.24) is 9.55 Å². The van der Waals surface area contributed by atoms with Crippen molar-refractivity contribution in [2.75, 3.05) is 0 Å². The molecular formula is C14H20N2O. The van der Waals surface area contributed by atoms with E-state index < -0.39 is 0 Å². The highest BCUT2D eigenvalue weighted by atomic mass is 16.2. The van der Waals surface area contributed by atoms with E-state index >= 15 is 0 Å². The zero-order valence-electron chi connectivity index (χ0n) is 10.3. The summed E-state index contributed by atoms with van der Waals surface area (Å²) in [4.78, 5) is 16.9. The van der Waals surface area contributed by atoms with Crippen LogP contribution in [0.5, 0.6) is 0 Å². The number of fused-ring (bicyclic) bond motifs is 1. The molecule has 0 aliphatic heterocycles. The quantitative estimate of drug-likeness (QED) is 0.746. The van der Waals surface area contributed by atoms with Gasteiger partial charge in [0.25, 0.3) is 0 Å². The molecule has 0 unspecified atom stereocenters. The number of hydrogen-bond acceptors (Lipinski definition) is 2. The minimum atomic E-state index is 0.254. The molecule has 0 amide bonds. The van der Waals surface area contributed by atoms with Crippen LogP contribution in [0.25, 0.3) is 0 Å². The van der Waals surface area contributed by atoms with Crippen LogP contribution in [0.2, 0.25) is 0 Å². The largest absolute Gasteiger partial charge is 0.274 e. The van der Waals surface area contributed by atoms with E-state index in [0.29, 0.717) is 5.91 Å². The second-order valence-corrected chi connectivity index (χ2v) is 5.39. The number of imidazole rings is 1. The van der Waals surface area contributed by atoms with Gasteiger partial charge < -0.3 is 0 Å². The summed E-state index contributed by atoms with van der Waals surface area (Å²) >= 11 is 0. The van der Waals surface area contributed by atoms with E-state index in [0.717, 1.165) is 25.7 Å². The lowest BCUT2D eigenvalue weighted by Crippen LogP contribution is -2.25. The predicted molar refractivity (Wildman–Crippen MR) is 66.1 cm³/mol. The van der Waals surface area contributed by atoms with Gasteiger partial charge in [0.1, 0.15) is 6.33 Å². The number of hydrogen-bond donors (Lipinski definition) is 0. The van der Waals surface area contributed by atoms with Crippen molar-refractivity contribution >= 4 is 5.91 Å². The summed E-state index contributed by atoms with van der Waals surface area (Å²) in [7, 11) is 0. The van der Waals surface area contributed by atoms with Crippen LogP contribution in [0.15, 0.2) is 6.33 Å². The molecule has 2 aliphatic carbocycles. The maximum Gasteiger partial charge on any atom is 0.235 e. The third-order valence-corrected chi connectivity index (χ3v) is 4.22. The molecule has 0 N–H and O–H groups in total. The first-order valence-electron chi connectivity index (χ1n) is 6.95. The predicted octanol–water partition coefficient (Wildman–Crippen LogP) is 2.98. The van der Waals surface area contributed by atoms with Gasteiger partial charge in [0.2, 0.25) is 5.91 Å². The molecule has 0 spiro atoms. The first-order valence-corrected chi connectivity index (χ1v) is 6.95. The Balaban J connectivity index is 1.83. The van der Waals surface area contributed by atoms with Crippen LogP contribution in [0.1, 0.15) is 61.1 Å². The Morgan fingerprint density at radius 3 is 2.71 bits per heavy atom. The molecule has 0 saturated heterocycles. The van der Waals surface area contributed by atoms with Gasteiger partial charge in [-0.1, -0.05) is 19.3 Å². The summed E-state index contributed by atoms with van der Waals surface area (Å²) < 4.78 is 1.87. The fourth-order valence-corrected chi connectivity index (χ4v) is 3.21. The van der Waals surface area contributed by atoms with Gasteiger partial charge in [0, 0.05) is 11.6 Å². The summed E-state index contributed by atoms with van der Waals surface area (Å²) in [6.45, 7) is 0. The SMILES string of the molecule is O=C(C1CCCCC1)n1cnc2c1CCCC2.